The maximum Gasteiger partial charge on any atom is 0.245 e. The molecular weight excluding hydrogens is 615 g/mol. The van der Waals surface area contributed by atoms with Crippen molar-refractivity contribution in [3.63, 3.8) is 0 Å². The Labute approximate surface area is 247 Å². The Bertz CT molecular complexity index is 1850. The molecule has 9 nitrogen and oxygen atoms in total. The number of Topliss-reactive ketones (excluding diaryl/α,β-unsaturated/α-hetero) is 2. The predicted molar refractivity (Wildman–Crippen MR) is 155 cm³/mol. The standard InChI is InChI=1S/C29H23BrClFN6O3/c1-16(39)27-21-8-9-36-14-22(17-4-2-5-18(31)10-17)34-29(36)28(21)38(35-27)15-26(41)37-13-19(32)11-23(37)24(40)12-20-6-3-7-25(30)33-20/h2-10,14,19,23H,11-13,15H2,1H3/t19-,23+/m1/s1. The Hall–Kier alpha value is -3.96. The van der Waals surface area contributed by atoms with Gasteiger partial charge in [-0.15, -0.1) is 0 Å². The predicted octanol–water partition coefficient (Wildman–Crippen LogP) is 5.12. The molecule has 0 radical (unpaired) electrons. The molecule has 12 heteroatoms. The topological polar surface area (TPSA) is 102 Å². The van der Waals surface area contributed by atoms with Crippen molar-refractivity contribution in [2.75, 3.05) is 6.54 Å². The molecule has 5 heterocycles. The number of aromatic nitrogens is 5. The number of benzene rings is 1. The Balaban J connectivity index is 1.35. The minimum Gasteiger partial charge on any atom is -0.328 e. The highest BCUT2D eigenvalue weighted by molar-refractivity contribution is 9.10. The summed E-state index contributed by atoms with van der Waals surface area (Å²) in [5.74, 6) is -1.04. The van der Waals surface area contributed by atoms with Crippen LogP contribution in [0.1, 0.15) is 29.5 Å². The van der Waals surface area contributed by atoms with Gasteiger partial charge in [-0.05, 0) is 46.3 Å². The average molecular weight is 638 g/mol. The van der Waals surface area contributed by atoms with Crippen molar-refractivity contribution in [3.05, 3.63) is 81.9 Å². The van der Waals surface area contributed by atoms with Gasteiger partial charge in [0.15, 0.2) is 17.2 Å². The van der Waals surface area contributed by atoms with Crippen LogP contribution >= 0.6 is 27.5 Å². The molecule has 0 N–H and O–H groups in total. The van der Waals surface area contributed by atoms with Crippen molar-refractivity contribution in [2.45, 2.75) is 38.5 Å². The van der Waals surface area contributed by atoms with E-state index in [1.165, 1.54) is 16.5 Å². The molecule has 0 spiro atoms. The van der Waals surface area contributed by atoms with Crippen LogP contribution in [-0.2, 0) is 22.6 Å². The highest BCUT2D eigenvalue weighted by atomic mass is 79.9. The number of hydrogen-bond acceptors (Lipinski definition) is 6. The smallest absolute Gasteiger partial charge is 0.245 e. The molecule has 4 aromatic heterocycles. The van der Waals surface area contributed by atoms with Crippen LogP contribution in [0.4, 0.5) is 4.39 Å². The van der Waals surface area contributed by atoms with Crippen molar-refractivity contribution in [1.82, 2.24) is 29.0 Å². The first-order valence-corrected chi connectivity index (χ1v) is 14.1. The number of carbonyl (C=O) groups excluding carboxylic acids is 3. The maximum absolute atomic E-state index is 14.6. The van der Waals surface area contributed by atoms with E-state index in [1.54, 1.807) is 47.0 Å². The van der Waals surface area contributed by atoms with Gasteiger partial charge in [0.05, 0.1) is 24.7 Å². The van der Waals surface area contributed by atoms with Gasteiger partial charge in [-0.25, -0.2) is 14.4 Å². The number of alkyl halides is 1. The third-order valence-electron chi connectivity index (χ3n) is 7.14. The van der Waals surface area contributed by atoms with Crippen LogP contribution < -0.4 is 0 Å². The number of imidazole rings is 1. The molecular formula is C29H23BrClFN6O3. The van der Waals surface area contributed by atoms with Gasteiger partial charge in [0.1, 0.15) is 28.5 Å². The van der Waals surface area contributed by atoms with E-state index in [4.69, 9.17) is 16.6 Å². The molecule has 0 unspecified atom stereocenters. The van der Waals surface area contributed by atoms with Crippen LogP contribution in [-0.4, -0.2) is 65.3 Å². The summed E-state index contributed by atoms with van der Waals surface area (Å²) < 4.78 is 18.4. The van der Waals surface area contributed by atoms with Gasteiger partial charge in [-0.3, -0.25) is 19.1 Å². The molecule has 6 rings (SSSR count). The first-order valence-electron chi connectivity index (χ1n) is 12.9. The summed E-state index contributed by atoms with van der Waals surface area (Å²) in [5, 5.41) is 5.57. The zero-order valence-electron chi connectivity index (χ0n) is 21.8. The first-order chi connectivity index (χ1) is 19.7. The summed E-state index contributed by atoms with van der Waals surface area (Å²) in [7, 11) is 0. The van der Waals surface area contributed by atoms with Gasteiger partial charge in [-0.2, -0.15) is 5.10 Å². The first kappa shape index (κ1) is 27.2. The number of likely N-dealkylation sites (tertiary alicyclic amines) is 1. The molecule has 1 amide bonds. The normalized spacial score (nSPS) is 17.0. The lowest BCUT2D eigenvalue weighted by Gasteiger charge is -2.23. The van der Waals surface area contributed by atoms with Crippen LogP contribution in [0.25, 0.3) is 27.8 Å². The Kier molecular flexibility index (Phi) is 7.16. The van der Waals surface area contributed by atoms with Crippen molar-refractivity contribution in [1.29, 1.82) is 0 Å². The third kappa shape index (κ3) is 5.27. The lowest BCUT2D eigenvalue weighted by Crippen LogP contribution is -2.43. The molecule has 1 aliphatic rings. The van der Waals surface area contributed by atoms with Crippen LogP contribution in [0.5, 0.6) is 0 Å². The van der Waals surface area contributed by atoms with Gasteiger partial charge in [0, 0.05) is 47.4 Å². The number of fused-ring (bicyclic) bond motifs is 3. The van der Waals surface area contributed by atoms with Gasteiger partial charge in [0.2, 0.25) is 5.91 Å². The van der Waals surface area contributed by atoms with E-state index in [0.29, 0.717) is 37.6 Å². The van der Waals surface area contributed by atoms with E-state index in [0.717, 1.165) is 5.56 Å². The SMILES string of the molecule is CC(=O)c1nn(CC(=O)N2C[C@H](F)C[C@H]2C(=O)Cc2cccc(Br)n2)c2c1ccn1cc(-c3cccc(Cl)c3)nc21. The summed E-state index contributed by atoms with van der Waals surface area (Å²) in [6.45, 7) is 0.909. The van der Waals surface area contributed by atoms with E-state index < -0.39 is 18.1 Å². The van der Waals surface area contributed by atoms with E-state index in [9.17, 15) is 18.8 Å². The second kappa shape index (κ2) is 10.8. The Morgan fingerprint density at radius 2 is 1.93 bits per heavy atom. The van der Waals surface area contributed by atoms with Crippen molar-refractivity contribution >= 4 is 61.6 Å². The van der Waals surface area contributed by atoms with E-state index in [2.05, 4.69) is 26.0 Å². The highest BCUT2D eigenvalue weighted by Crippen LogP contribution is 2.29. The largest absolute Gasteiger partial charge is 0.328 e. The van der Waals surface area contributed by atoms with Gasteiger partial charge in [0.25, 0.3) is 0 Å². The number of hydrogen-bond donors (Lipinski definition) is 0. The molecule has 0 bridgehead atoms. The summed E-state index contributed by atoms with van der Waals surface area (Å²) in [4.78, 5) is 49.6. The fourth-order valence-corrected chi connectivity index (χ4v) is 5.87. The van der Waals surface area contributed by atoms with E-state index >= 15 is 0 Å². The van der Waals surface area contributed by atoms with Crippen molar-refractivity contribution in [2.24, 2.45) is 0 Å². The van der Waals surface area contributed by atoms with Gasteiger partial charge >= 0.3 is 0 Å². The number of pyridine rings is 2. The van der Waals surface area contributed by atoms with E-state index in [-0.39, 0.29) is 43.2 Å². The molecule has 1 saturated heterocycles. The molecule has 0 aliphatic carbocycles. The van der Waals surface area contributed by atoms with Crippen LogP contribution in [0, 0.1) is 0 Å². The van der Waals surface area contributed by atoms with Crippen LogP contribution in [0.15, 0.2) is 65.5 Å². The monoisotopic (exact) mass is 636 g/mol. The van der Waals surface area contributed by atoms with Crippen LogP contribution in [0.3, 0.4) is 0 Å². The summed E-state index contributed by atoms with van der Waals surface area (Å²) in [6.07, 6.45) is 2.17. The number of ketones is 2. The quantitative estimate of drug-likeness (QED) is 0.182. The molecule has 1 aliphatic heterocycles. The average Bonchev–Trinajstić information content (AvgIpc) is 3.63. The Morgan fingerprint density at radius 1 is 1.12 bits per heavy atom. The van der Waals surface area contributed by atoms with Gasteiger partial charge < -0.3 is 9.30 Å². The lowest BCUT2D eigenvalue weighted by atomic mass is 10.0. The minimum absolute atomic E-state index is 0.0270. The minimum atomic E-state index is -1.33. The molecule has 0 saturated carbocycles. The van der Waals surface area contributed by atoms with E-state index in [1.807, 2.05) is 18.3 Å². The summed E-state index contributed by atoms with van der Waals surface area (Å²) >= 11 is 9.47. The van der Waals surface area contributed by atoms with Crippen LogP contribution in [0.2, 0.25) is 5.02 Å². The second-order valence-corrected chi connectivity index (χ2v) is 11.2. The number of carbonyl (C=O) groups is 3. The maximum atomic E-state index is 14.6. The number of rotatable bonds is 7. The summed E-state index contributed by atoms with van der Waals surface area (Å²) in [6, 6.07) is 13.3. The number of nitrogens with zero attached hydrogens (tertiary/aromatic N) is 6. The molecule has 208 valence electrons. The zero-order chi connectivity index (χ0) is 28.8. The molecule has 1 aromatic carbocycles. The van der Waals surface area contributed by atoms with Crippen molar-refractivity contribution < 1.29 is 18.8 Å². The van der Waals surface area contributed by atoms with Gasteiger partial charge in [-0.1, -0.05) is 29.8 Å². The fraction of sp³-hybridized carbons (Fsp3) is 0.241. The molecule has 2 atom stereocenters. The zero-order valence-corrected chi connectivity index (χ0v) is 24.1. The summed E-state index contributed by atoms with van der Waals surface area (Å²) in [5.41, 5.74) is 3.15. The van der Waals surface area contributed by atoms with Crippen molar-refractivity contribution in [3.8, 4) is 11.3 Å². The fourth-order valence-electron chi connectivity index (χ4n) is 5.30. The molecule has 41 heavy (non-hydrogen) atoms. The third-order valence-corrected chi connectivity index (χ3v) is 7.82. The lowest BCUT2D eigenvalue weighted by molar-refractivity contribution is -0.138. The molecule has 1 fully saturated rings. The Morgan fingerprint density at radius 3 is 2.68 bits per heavy atom. The molecule has 5 aromatic rings. The highest BCUT2D eigenvalue weighted by Gasteiger charge is 2.40. The second-order valence-electron chi connectivity index (χ2n) is 10.00. The number of amides is 1. The number of halogens is 3.